The number of alkyl halides is 1. The Balaban J connectivity index is 1.85. The van der Waals surface area contributed by atoms with Crippen molar-refractivity contribution in [3.63, 3.8) is 0 Å². The predicted molar refractivity (Wildman–Crippen MR) is 63.8 cm³/mol. The molecule has 0 aliphatic carbocycles. The molecule has 2 N–H and O–H groups in total. The van der Waals surface area contributed by atoms with Crippen LogP contribution in [0.15, 0.2) is 12.4 Å². The lowest BCUT2D eigenvalue weighted by Gasteiger charge is -2.35. The molecule has 1 amide bonds. The van der Waals surface area contributed by atoms with E-state index in [-0.39, 0.29) is 23.1 Å². The lowest BCUT2D eigenvalue weighted by Crippen LogP contribution is -2.52. The van der Waals surface area contributed by atoms with Gasteiger partial charge < -0.3 is 5.11 Å². The van der Waals surface area contributed by atoms with Crippen molar-refractivity contribution in [2.24, 2.45) is 0 Å². The summed E-state index contributed by atoms with van der Waals surface area (Å²) in [6, 6.07) is 0. The van der Waals surface area contributed by atoms with Crippen molar-refractivity contribution in [2.75, 3.05) is 6.54 Å². The topological polar surface area (TPSA) is 78.3 Å². The van der Waals surface area contributed by atoms with Crippen LogP contribution in [-0.2, 0) is 0 Å². The quantitative estimate of drug-likeness (QED) is 0.714. The van der Waals surface area contributed by atoms with E-state index in [2.05, 4.69) is 15.3 Å². The highest BCUT2D eigenvalue weighted by Gasteiger charge is 2.42. The normalized spacial score (nSPS) is 31.6. The zero-order valence-corrected chi connectivity index (χ0v) is 10.3. The van der Waals surface area contributed by atoms with E-state index in [1.54, 1.807) is 0 Å². The minimum atomic E-state index is -1.02. The summed E-state index contributed by atoms with van der Waals surface area (Å²) in [4.78, 5) is 21.6. The molecule has 2 aliphatic heterocycles. The number of aliphatic hydroxyl groups excluding tert-OH is 1. The Kier molecular flexibility index (Phi) is 2.93. The molecule has 0 saturated carbocycles. The van der Waals surface area contributed by atoms with Crippen LogP contribution in [0.4, 0.5) is 0 Å². The number of amides is 1. The summed E-state index contributed by atoms with van der Waals surface area (Å²) in [6.07, 6.45) is 3.22. The summed E-state index contributed by atoms with van der Waals surface area (Å²) in [5, 5.41) is 13.4. The maximum atomic E-state index is 12.2. The average molecular weight is 269 g/mol. The van der Waals surface area contributed by atoms with E-state index in [1.807, 2.05) is 0 Å². The van der Waals surface area contributed by atoms with Crippen LogP contribution in [0.5, 0.6) is 0 Å². The fraction of sp³-hybridized carbons (Fsp3) is 0.545. The summed E-state index contributed by atoms with van der Waals surface area (Å²) in [6.45, 7) is 0.625. The molecule has 18 heavy (non-hydrogen) atoms. The molecule has 1 saturated heterocycles. The van der Waals surface area contributed by atoms with Crippen LogP contribution < -0.4 is 5.32 Å². The van der Waals surface area contributed by atoms with Crippen LogP contribution in [0.25, 0.3) is 0 Å². The monoisotopic (exact) mass is 268 g/mol. The Morgan fingerprint density at radius 3 is 2.83 bits per heavy atom. The second-order valence-corrected chi connectivity index (χ2v) is 5.09. The molecule has 1 aromatic heterocycles. The van der Waals surface area contributed by atoms with Gasteiger partial charge in [0.15, 0.2) is 11.9 Å². The lowest BCUT2D eigenvalue weighted by molar-refractivity contribution is -0.0178. The first-order valence-electron chi connectivity index (χ1n) is 5.87. The number of carbonyl (C=O) groups excluding carboxylic acids is 1. The summed E-state index contributed by atoms with van der Waals surface area (Å²) < 4.78 is 0. The molecule has 1 aromatic rings. The van der Waals surface area contributed by atoms with Crippen molar-refractivity contribution >= 4 is 17.5 Å². The fourth-order valence-corrected chi connectivity index (χ4v) is 2.64. The van der Waals surface area contributed by atoms with Gasteiger partial charge in [-0.25, -0.2) is 4.98 Å². The van der Waals surface area contributed by atoms with Crippen molar-refractivity contribution in [2.45, 2.75) is 30.6 Å². The number of piperidine rings is 1. The van der Waals surface area contributed by atoms with E-state index >= 15 is 0 Å². The van der Waals surface area contributed by atoms with E-state index in [1.165, 1.54) is 17.3 Å². The number of fused-ring (bicyclic) bond motifs is 1. The zero-order chi connectivity index (χ0) is 12.7. The molecule has 3 rings (SSSR count). The first-order chi connectivity index (χ1) is 8.68. The van der Waals surface area contributed by atoms with Crippen molar-refractivity contribution in [1.82, 2.24) is 20.2 Å². The van der Waals surface area contributed by atoms with E-state index in [0.717, 1.165) is 6.42 Å². The standard InChI is InChI=1S/C11H13ClN4O2/c12-6-1-2-7(15-5-6)16-10(17)8-9(11(16)18)14-4-3-13-8/h3-4,6-7,10,15,17H,1-2,5H2/t6-,7+,10+/m1/s1. The smallest absolute Gasteiger partial charge is 0.278 e. The Labute approximate surface area is 109 Å². The largest absolute Gasteiger partial charge is 0.368 e. The average Bonchev–Trinajstić information content (AvgIpc) is 2.64. The molecule has 7 heteroatoms. The highest BCUT2D eigenvalue weighted by Crippen LogP contribution is 2.32. The molecule has 6 nitrogen and oxygen atoms in total. The van der Waals surface area contributed by atoms with Crippen LogP contribution in [0.2, 0.25) is 0 Å². The van der Waals surface area contributed by atoms with Crippen molar-refractivity contribution in [3.05, 3.63) is 23.8 Å². The van der Waals surface area contributed by atoms with E-state index in [4.69, 9.17) is 11.6 Å². The van der Waals surface area contributed by atoms with Gasteiger partial charge in [0.25, 0.3) is 5.91 Å². The number of aromatic nitrogens is 2. The molecular formula is C11H13ClN4O2. The second kappa shape index (κ2) is 4.46. The third kappa shape index (κ3) is 1.77. The highest BCUT2D eigenvalue weighted by molar-refractivity contribution is 6.20. The zero-order valence-electron chi connectivity index (χ0n) is 9.58. The maximum absolute atomic E-state index is 12.2. The van der Waals surface area contributed by atoms with Gasteiger partial charge >= 0.3 is 0 Å². The molecule has 2 aliphatic rings. The van der Waals surface area contributed by atoms with E-state index < -0.39 is 6.23 Å². The molecule has 0 bridgehead atoms. The number of carbonyl (C=O) groups is 1. The third-order valence-corrected chi connectivity index (χ3v) is 3.71. The van der Waals surface area contributed by atoms with Gasteiger partial charge in [0.2, 0.25) is 0 Å². The van der Waals surface area contributed by atoms with Crippen LogP contribution in [0.1, 0.15) is 35.3 Å². The van der Waals surface area contributed by atoms with Crippen molar-refractivity contribution in [1.29, 1.82) is 0 Å². The van der Waals surface area contributed by atoms with Crippen LogP contribution in [0, 0.1) is 0 Å². The minimum Gasteiger partial charge on any atom is -0.368 e. The summed E-state index contributed by atoms with van der Waals surface area (Å²) in [7, 11) is 0. The maximum Gasteiger partial charge on any atom is 0.278 e. The Morgan fingerprint density at radius 1 is 1.39 bits per heavy atom. The van der Waals surface area contributed by atoms with Gasteiger partial charge in [0.1, 0.15) is 5.69 Å². The van der Waals surface area contributed by atoms with Gasteiger partial charge in [-0.15, -0.1) is 11.6 Å². The Morgan fingerprint density at radius 2 is 2.17 bits per heavy atom. The molecule has 1 fully saturated rings. The van der Waals surface area contributed by atoms with Gasteiger partial charge in [0.05, 0.1) is 6.17 Å². The van der Waals surface area contributed by atoms with Crippen LogP contribution in [-0.4, -0.2) is 44.0 Å². The van der Waals surface area contributed by atoms with Gasteiger partial charge in [-0.05, 0) is 12.8 Å². The van der Waals surface area contributed by atoms with Crippen LogP contribution >= 0.6 is 11.6 Å². The van der Waals surface area contributed by atoms with Crippen molar-refractivity contribution < 1.29 is 9.90 Å². The molecule has 0 spiro atoms. The van der Waals surface area contributed by atoms with Crippen LogP contribution in [0.3, 0.4) is 0 Å². The van der Waals surface area contributed by atoms with E-state index in [9.17, 15) is 9.90 Å². The molecule has 96 valence electrons. The first kappa shape index (κ1) is 11.8. The lowest BCUT2D eigenvalue weighted by atomic mass is 10.1. The number of nitrogens with zero attached hydrogens (tertiary/aromatic N) is 3. The number of rotatable bonds is 1. The SMILES string of the molecule is O=C1c2nccnc2[C@H](O)N1[C@H]1CC[C@@H](Cl)CN1. The number of halogens is 1. The highest BCUT2D eigenvalue weighted by atomic mass is 35.5. The molecule has 3 atom stereocenters. The third-order valence-electron chi connectivity index (χ3n) is 3.34. The molecule has 0 unspecified atom stereocenters. The van der Waals surface area contributed by atoms with Gasteiger partial charge in [-0.1, -0.05) is 0 Å². The first-order valence-corrected chi connectivity index (χ1v) is 6.31. The number of hydrogen-bond donors (Lipinski definition) is 2. The Hall–Kier alpha value is -1.24. The second-order valence-electron chi connectivity index (χ2n) is 4.47. The Bertz CT molecular complexity index is 476. The number of nitrogens with one attached hydrogen (secondary N) is 1. The number of hydrogen-bond acceptors (Lipinski definition) is 5. The predicted octanol–water partition coefficient (Wildman–Crippen LogP) is 0.240. The summed E-state index contributed by atoms with van der Waals surface area (Å²) in [5.74, 6) is -0.281. The minimum absolute atomic E-state index is 0.0784. The summed E-state index contributed by atoms with van der Waals surface area (Å²) >= 11 is 6.00. The van der Waals surface area contributed by atoms with E-state index in [0.29, 0.717) is 18.7 Å². The van der Waals surface area contributed by atoms with Gasteiger partial charge in [0, 0.05) is 24.3 Å². The van der Waals surface area contributed by atoms with Gasteiger partial charge in [-0.3, -0.25) is 20.0 Å². The summed E-state index contributed by atoms with van der Waals surface area (Å²) in [5.41, 5.74) is 0.567. The molecular weight excluding hydrogens is 256 g/mol. The van der Waals surface area contributed by atoms with Crippen molar-refractivity contribution in [3.8, 4) is 0 Å². The molecule has 0 radical (unpaired) electrons. The number of aliphatic hydroxyl groups is 1. The van der Waals surface area contributed by atoms with Gasteiger partial charge in [-0.2, -0.15) is 0 Å². The molecule has 3 heterocycles. The molecule has 0 aromatic carbocycles. The fourth-order valence-electron chi connectivity index (χ4n) is 2.42.